The summed E-state index contributed by atoms with van der Waals surface area (Å²) in [6, 6.07) is 9.71. The molecule has 7 nitrogen and oxygen atoms in total. The number of esters is 1. The Balaban J connectivity index is 1.74. The number of Topliss-reactive ketones (excluding diaryl/α,β-unsaturated/α-hetero) is 2. The number of aromatic amines is 1. The zero-order chi connectivity index (χ0) is 23.6. The fourth-order valence-electron chi connectivity index (χ4n) is 3.86. The Kier molecular flexibility index (Phi) is 6.58. The summed E-state index contributed by atoms with van der Waals surface area (Å²) in [6.07, 6.45) is 1.94. The summed E-state index contributed by atoms with van der Waals surface area (Å²) in [5.41, 5.74) is 5.37. The fourth-order valence-corrected chi connectivity index (χ4v) is 3.86. The molecular formula is C25H27N3O4. The number of H-pyrrole nitrogens is 1. The summed E-state index contributed by atoms with van der Waals surface area (Å²) >= 11 is 0. The first-order valence-electron chi connectivity index (χ1n) is 10.4. The highest BCUT2D eigenvalue weighted by Crippen LogP contribution is 2.21. The van der Waals surface area contributed by atoms with Crippen LogP contribution in [0, 0.1) is 27.7 Å². The minimum absolute atomic E-state index is 0.121. The molecule has 1 unspecified atom stereocenters. The van der Waals surface area contributed by atoms with Gasteiger partial charge in [0, 0.05) is 28.6 Å². The Hall–Kier alpha value is -3.74. The van der Waals surface area contributed by atoms with Crippen molar-refractivity contribution in [2.75, 3.05) is 0 Å². The van der Waals surface area contributed by atoms with Gasteiger partial charge in [-0.1, -0.05) is 18.2 Å². The maximum Gasteiger partial charge on any atom is 0.331 e. The van der Waals surface area contributed by atoms with Crippen LogP contribution in [0.1, 0.15) is 62.9 Å². The van der Waals surface area contributed by atoms with Crippen LogP contribution in [-0.4, -0.2) is 38.4 Å². The van der Waals surface area contributed by atoms with Crippen molar-refractivity contribution >= 4 is 23.6 Å². The standard InChI is InChI=1S/C25H27N3O4/c1-14-23(18(5)29)16(3)26-24(14)25(31)19(6)32-22(30)13-12-21-15(2)27-28(17(21)4)20-10-8-7-9-11-20/h7-13,19,26H,1-6H3/b13-12+. The van der Waals surface area contributed by atoms with Crippen molar-refractivity contribution in [3.8, 4) is 5.69 Å². The lowest BCUT2D eigenvalue weighted by molar-refractivity contribution is -0.140. The molecule has 166 valence electrons. The summed E-state index contributed by atoms with van der Waals surface area (Å²) in [7, 11) is 0. The first-order valence-corrected chi connectivity index (χ1v) is 10.4. The minimum atomic E-state index is -1.00. The molecule has 0 aliphatic carbocycles. The quantitative estimate of drug-likeness (QED) is 0.337. The molecule has 7 heteroatoms. The number of rotatable bonds is 7. The highest BCUT2D eigenvalue weighted by atomic mass is 16.5. The third-order valence-corrected chi connectivity index (χ3v) is 5.43. The van der Waals surface area contributed by atoms with E-state index >= 15 is 0 Å². The van der Waals surface area contributed by atoms with Gasteiger partial charge in [0.2, 0.25) is 5.78 Å². The van der Waals surface area contributed by atoms with Gasteiger partial charge in [-0.2, -0.15) is 5.10 Å². The maximum atomic E-state index is 12.8. The molecule has 0 bridgehead atoms. The smallest absolute Gasteiger partial charge is 0.331 e. The largest absolute Gasteiger partial charge is 0.451 e. The lowest BCUT2D eigenvalue weighted by Gasteiger charge is -2.10. The van der Waals surface area contributed by atoms with Crippen LogP contribution in [-0.2, 0) is 9.53 Å². The number of hydrogen-bond donors (Lipinski definition) is 1. The lowest BCUT2D eigenvalue weighted by Crippen LogP contribution is -2.24. The number of carbonyl (C=O) groups excluding carboxylic acids is 3. The molecule has 0 saturated carbocycles. The summed E-state index contributed by atoms with van der Waals surface area (Å²) in [6.45, 7) is 10.2. The van der Waals surface area contributed by atoms with E-state index in [1.165, 1.54) is 19.9 Å². The second-order valence-corrected chi connectivity index (χ2v) is 7.79. The van der Waals surface area contributed by atoms with E-state index in [1.807, 2.05) is 48.9 Å². The molecule has 2 heterocycles. The zero-order valence-corrected chi connectivity index (χ0v) is 19.1. The van der Waals surface area contributed by atoms with Crippen molar-refractivity contribution in [1.82, 2.24) is 14.8 Å². The summed E-state index contributed by atoms with van der Waals surface area (Å²) in [4.78, 5) is 39.9. The first kappa shape index (κ1) is 22.9. The van der Waals surface area contributed by atoms with E-state index < -0.39 is 12.1 Å². The van der Waals surface area contributed by atoms with E-state index in [-0.39, 0.29) is 17.3 Å². The number of carbonyl (C=O) groups is 3. The zero-order valence-electron chi connectivity index (χ0n) is 19.1. The summed E-state index contributed by atoms with van der Waals surface area (Å²) < 4.78 is 7.13. The highest BCUT2D eigenvalue weighted by Gasteiger charge is 2.25. The second kappa shape index (κ2) is 9.18. The van der Waals surface area contributed by atoms with E-state index in [0.29, 0.717) is 16.8 Å². The van der Waals surface area contributed by atoms with Gasteiger partial charge in [-0.05, 0) is 65.3 Å². The molecule has 1 atom stereocenters. The highest BCUT2D eigenvalue weighted by molar-refractivity contribution is 6.05. The van der Waals surface area contributed by atoms with Gasteiger partial charge in [-0.15, -0.1) is 0 Å². The number of nitrogens with zero attached hydrogens (tertiary/aromatic N) is 2. The van der Waals surface area contributed by atoms with Gasteiger partial charge in [0.15, 0.2) is 11.9 Å². The summed E-state index contributed by atoms with van der Waals surface area (Å²) in [5, 5.41) is 4.55. The third-order valence-electron chi connectivity index (χ3n) is 5.43. The second-order valence-electron chi connectivity index (χ2n) is 7.79. The monoisotopic (exact) mass is 433 g/mol. The van der Waals surface area contributed by atoms with Crippen molar-refractivity contribution in [3.05, 3.63) is 75.9 Å². The van der Waals surface area contributed by atoms with Crippen molar-refractivity contribution in [3.63, 3.8) is 0 Å². The van der Waals surface area contributed by atoms with Crippen LogP contribution in [0.2, 0.25) is 0 Å². The number of benzene rings is 1. The Morgan fingerprint density at radius 3 is 2.34 bits per heavy atom. The van der Waals surface area contributed by atoms with Crippen LogP contribution in [0.4, 0.5) is 0 Å². The molecule has 0 radical (unpaired) electrons. The van der Waals surface area contributed by atoms with Crippen LogP contribution < -0.4 is 0 Å². The number of para-hydroxylation sites is 1. The number of aryl methyl sites for hydroxylation is 2. The van der Waals surface area contributed by atoms with Crippen molar-refractivity contribution in [1.29, 1.82) is 0 Å². The van der Waals surface area contributed by atoms with E-state index in [0.717, 1.165) is 22.6 Å². The molecule has 3 aromatic rings. The van der Waals surface area contributed by atoms with E-state index in [2.05, 4.69) is 10.1 Å². The molecule has 0 fully saturated rings. The minimum Gasteiger partial charge on any atom is -0.451 e. The number of ketones is 2. The molecule has 32 heavy (non-hydrogen) atoms. The van der Waals surface area contributed by atoms with Gasteiger partial charge in [-0.3, -0.25) is 9.59 Å². The van der Waals surface area contributed by atoms with Crippen LogP contribution >= 0.6 is 0 Å². The van der Waals surface area contributed by atoms with Crippen LogP contribution in [0.5, 0.6) is 0 Å². The average molecular weight is 434 g/mol. The molecule has 0 amide bonds. The number of ether oxygens (including phenoxy) is 1. The third kappa shape index (κ3) is 4.46. The van der Waals surface area contributed by atoms with Gasteiger partial charge in [-0.25, -0.2) is 9.48 Å². The molecule has 0 spiro atoms. The van der Waals surface area contributed by atoms with Crippen LogP contribution in [0.3, 0.4) is 0 Å². The van der Waals surface area contributed by atoms with Gasteiger partial charge in [0.25, 0.3) is 0 Å². The Morgan fingerprint density at radius 1 is 1.09 bits per heavy atom. The van der Waals surface area contributed by atoms with Crippen molar-refractivity contribution in [2.45, 2.75) is 47.6 Å². The number of hydrogen-bond acceptors (Lipinski definition) is 5. The normalized spacial score (nSPS) is 12.2. The summed E-state index contributed by atoms with van der Waals surface area (Å²) in [5.74, 6) is -1.14. The number of nitrogens with one attached hydrogen (secondary N) is 1. The van der Waals surface area contributed by atoms with E-state index in [1.54, 1.807) is 19.9 Å². The van der Waals surface area contributed by atoms with Crippen molar-refractivity contribution in [2.24, 2.45) is 0 Å². The van der Waals surface area contributed by atoms with Crippen molar-refractivity contribution < 1.29 is 19.1 Å². The molecule has 0 saturated heterocycles. The molecule has 2 aromatic heterocycles. The Labute approximate surface area is 187 Å². The predicted molar refractivity (Wildman–Crippen MR) is 122 cm³/mol. The first-order chi connectivity index (χ1) is 15.1. The van der Waals surface area contributed by atoms with Gasteiger partial charge < -0.3 is 9.72 Å². The van der Waals surface area contributed by atoms with E-state index in [4.69, 9.17) is 4.74 Å². The van der Waals surface area contributed by atoms with Gasteiger partial charge in [0.05, 0.1) is 17.1 Å². The molecule has 1 N–H and O–H groups in total. The van der Waals surface area contributed by atoms with Crippen LogP contribution in [0.25, 0.3) is 11.8 Å². The molecule has 1 aromatic carbocycles. The number of aromatic nitrogens is 3. The van der Waals surface area contributed by atoms with Gasteiger partial charge >= 0.3 is 5.97 Å². The molecule has 0 aliphatic rings. The SMILES string of the molecule is CC(=O)c1c(C)[nH]c(C(=O)C(C)OC(=O)/C=C/c2c(C)nn(-c3ccccc3)c2C)c1C. The Morgan fingerprint density at radius 2 is 1.75 bits per heavy atom. The molecule has 0 aliphatic heterocycles. The lowest BCUT2D eigenvalue weighted by atomic mass is 10.0. The average Bonchev–Trinajstić information content (AvgIpc) is 3.21. The topological polar surface area (TPSA) is 94.0 Å². The van der Waals surface area contributed by atoms with E-state index in [9.17, 15) is 14.4 Å². The van der Waals surface area contributed by atoms with Gasteiger partial charge in [0.1, 0.15) is 0 Å². The molecule has 3 rings (SSSR count). The maximum absolute atomic E-state index is 12.8. The fraction of sp³-hybridized carbons (Fsp3) is 0.280. The molecular weight excluding hydrogens is 406 g/mol. The van der Waals surface area contributed by atoms with Crippen LogP contribution in [0.15, 0.2) is 36.4 Å². The predicted octanol–water partition coefficient (Wildman–Crippen LogP) is 4.46. The Bertz CT molecular complexity index is 1220.